The number of hydrogen-bond donors (Lipinski definition) is 1. The monoisotopic (exact) mass is 283 g/mol. The zero-order valence-electron chi connectivity index (χ0n) is 12.9. The summed E-state index contributed by atoms with van der Waals surface area (Å²) in [5, 5.41) is 2.36. The predicted molar refractivity (Wildman–Crippen MR) is 84.8 cm³/mol. The summed E-state index contributed by atoms with van der Waals surface area (Å²) in [4.78, 5) is 0. The molecule has 2 heterocycles. The number of aryl methyl sites for hydroxylation is 3. The summed E-state index contributed by atoms with van der Waals surface area (Å²) in [6.45, 7) is 6.80. The lowest BCUT2D eigenvalue weighted by Crippen LogP contribution is -2.41. The van der Waals surface area contributed by atoms with E-state index in [9.17, 15) is 0 Å². The fraction of sp³-hybridized carbons (Fsp3) is 0.444. The molecule has 1 fully saturated rings. The van der Waals surface area contributed by atoms with Gasteiger partial charge in [0.2, 0.25) is 0 Å². The van der Waals surface area contributed by atoms with E-state index >= 15 is 0 Å². The highest BCUT2D eigenvalue weighted by Crippen LogP contribution is 2.50. The van der Waals surface area contributed by atoms with Gasteiger partial charge in [-0.3, -0.25) is 0 Å². The van der Waals surface area contributed by atoms with Gasteiger partial charge >= 0.3 is 0 Å². The van der Waals surface area contributed by atoms with Crippen molar-refractivity contribution in [2.75, 3.05) is 6.54 Å². The Kier molecular flexibility index (Phi) is 2.55. The topological polar surface area (TPSA) is 52.3 Å². The fourth-order valence-electron chi connectivity index (χ4n) is 3.89. The molecule has 1 aliphatic carbocycles. The highest BCUT2D eigenvalue weighted by molar-refractivity contribution is 6.02. The Hall–Kier alpha value is -1.74. The standard InChI is InChI=1S/C18H21NO2/c1-10-7-13-12(3)16-14(8-11(2)20-16)15(17(13)21-10)18(9-19)5-4-6-18/h7-8H,4-6,9,19H2,1-3H3. The third-order valence-corrected chi connectivity index (χ3v) is 5.18. The molecule has 0 saturated heterocycles. The molecule has 3 heteroatoms. The molecule has 1 aromatic carbocycles. The van der Waals surface area contributed by atoms with E-state index in [1.165, 1.54) is 28.3 Å². The van der Waals surface area contributed by atoms with Crippen LogP contribution < -0.4 is 5.73 Å². The zero-order chi connectivity index (χ0) is 14.8. The molecule has 0 radical (unpaired) electrons. The highest BCUT2D eigenvalue weighted by Gasteiger charge is 2.41. The average molecular weight is 283 g/mol. The average Bonchev–Trinajstić information content (AvgIpc) is 2.95. The third-order valence-electron chi connectivity index (χ3n) is 5.18. The molecule has 0 atom stereocenters. The minimum Gasteiger partial charge on any atom is -0.461 e. The Morgan fingerprint density at radius 1 is 1.00 bits per heavy atom. The molecule has 1 saturated carbocycles. The van der Waals surface area contributed by atoms with Crippen molar-refractivity contribution in [2.24, 2.45) is 5.73 Å². The summed E-state index contributed by atoms with van der Waals surface area (Å²) < 4.78 is 12.1. The molecule has 0 aliphatic heterocycles. The first kappa shape index (κ1) is 13.0. The molecule has 2 aromatic heterocycles. The molecule has 0 amide bonds. The lowest BCUT2D eigenvalue weighted by Gasteiger charge is -2.41. The van der Waals surface area contributed by atoms with Gasteiger partial charge in [0.05, 0.1) is 0 Å². The van der Waals surface area contributed by atoms with Gasteiger partial charge in [0.15, 0.2) is 0 Å². The number of fused-ring (bicyclic) bond motifs is 2. The summed E-state index contributed by atoms with van der Waals surface area (Å²) in [7, 11) is 0. The molecule has 0 unspecified atom stereocenters. The van der Waals surface area contributed by atoms with Gasteiger partial charge in [0.1, 0.15) is 22.7 Å². The highest BCUT2D eigenvalue weighted by atomic mass is 16.3. The van der Waals surface area contributed by atoms with Crippen LogP contribution in [-0.4, -0.2) is 6.54 Å². The summed E-state index contributed by atoms with van der Waals surface area (Å²) >= 11 is 0. The van der Waals surface area contributed by atoms with E-state index in [4.69, 9.17) is 14.6 Å². The van der Waals surface area contributed by atoms with Crippen LogP contribution in [-0.2, 0) is 5.41 Å². The summed E-state index contributed by atoms with van der Waals surface area (Å²) in [6, 6.07) is 4.26. The number of furan rings is 2. The molecule has 0 bridgehead atoms. The Bertz CT molecular complexity index is 786. The van der Waals surface area contributed by atoms with Crippen LogP contribution in [0.4, 0.5) is 0 Å². The van der Waals surface area contributed by atoms with Gasteiger partial charge in [0.25, 0.3) is 0 Å². The number of rotatable bonds is 2. The molecule has 21 heavy (non-hydrogen) atoms. The van der Waals surface area contributed by atoms with Crippen molar-refractivity contribution in [3.05, 3.63) is 34.8 Å². The number of hydrogen-bond acceptors (Lipinski definition) is 3. The van der Waals surface area contributed by atoms with Crippen molar-refractivity contribution in [2.45, 2.75) is 45.4 Å². The molecule has 3 nitrogen and oxygen atoms in total. The van der Waals surface area contributed by atoms with E-state index in [1.807, 2.05) is 13.8 Å². The maximum absolute atomic E-state index is 6.16. The molecule has 4 rings (SSSR count). The van der Waals surface area contributed by atoms with Crippen LogP contribution in [0.25, 0.3) is 21.9 Å². The first-order valence-electron chi connectivity index (χ1n) is 7.69. The summed E-state index contributed by atoms with van der Waals surface area (Å²) in [6.07, 6.45) is 3.52. The Labute approximate surface area is 124 Å². The van der Waals surface area contributed by atoms with Crippen molar-refractivity contribution in [1.82, 2.24) is 0 Å². The van der Waals surface area contributed by atoms with E-state index in [-0.39, 0.29) is 5.41 Å². The fourth-order valence-corrected chi connectivity index (χ4v) is 3.89. The van der Waals surface area contributed by atoms with Crippen LogP contribution >= 0.6 is 0 Å². The van der Waals surface area contributed by atoms with Crippen molar-refractivity contribution in [3.8, 4) is 0 Å². The SMILES string of the molecule is Cc1cc2c(C3(CN)CCC3)c3oc(C)cc3c(C)c2o1. The van der Waals surface area contributed by atoms with Crippen LogP contribution in [0, 0.1) is 20.8 Å². The van der Waals surface area contributed by atoms with Crippen molar-refractivity contribution in [1.29, 1.82) is 0 Å². The maximum Gasteiger partial charge on any atom is 0.139 e. The minimum absolute atomic E-state index is 0.0603. The second-order valence-electron chi connectivity index (χ2n) is 6.54. The van der Waals surface area contributed by atoms with Gasteiger partial charge in [-0.15, -0.1) is 0 Å². The minimum atomic E-state index is 0.0603. The van der Waals surface area contributed by atoms with Gasteiger partial charge in [0, 0.05) is 33.9 Å². The zero-order valence-corrected chi connectivity index (χ0v) is 12.9. The van der Waals surface area contributed by atoms with Gasteiger partial charge in [-0.05, 0) is 45.7 Å². The van der Waals surface area contributed by atoms with E-state index in [2.05, 4.69) is 19.1 Å². The second-order valence-corrected chi connectivity index (χ2v) is 6.54. The molecular weight excluding hydrogens is 262 g/mol. The summed E-state index contributed by atoms with van der Waals surface area (Å²) in [5.74, 6) is 1.90. The predicted octanol–water partition coefficient (Wildman–Crippen LogP) is 4.48. The largest absolute Gasteiger partial charge is 0.461 e. The quantitative estimate of drug-likeness (QED) is 0.754. The van der Waals surface area contributed by atoms with Gasteiger partial charge < -0.3 is 14.6 Å². The number of nitrogens with two attached hydrogens (primary N) is 1. The molecule has 3 aromatic rings. The molecular formula is C18H21NO2. The molecule has 2 N–H and O–H groups in total. The van der Waals surface area contributed by atoms with E-state index in [1.54, 1.807) is 0 Å². The van der Waals surface area contributed by atoms with Crippen LogP contribution in [0.2, 0.25) is 0 Å². The Balaban J connectivity index is 2.20. The van der Waals surface area contributed by atoms with Crippen LogP contribution in [0.3, 0.4) is 0 Å². The van der Waals surface area contributed by atoms with Crippen molar-refractivity contribution in [3.63, 3.8) is 0 Å². The summed E-state index contributed by atoms with van der Waals surface area (Å²) in [5.41, 5.74) is 10.7. The smallest absolute Gasteiger partial charge is 0.139 e. The van der Waals surface area contributed by atoms with Crippen LogP contribution in [0.5, 0.6) is 0 Å². The normalized spacial score (nSPS) is 17.5. The molecule has 0 spiro atoms. The maximum atomic E-state index is 6.16. The van der Waals surface area contributed by atoms with Gasteiger partial charge in [-0.2, -0.15) is 0 Å². The molecule has 1 aliphatic rings. The van der Waals surface area contributed by atoms with Crippen molar-refractivity contribution < 1.29 is 8.83 Å². The van der Waals surface area contributed by atoms with Crippen molar-refractivity contribution >= 4 is 21.9 Å². The lowest BCUT2D eigenvalue weighted by molar-refractivity contribution is 0.255. The van der Waals surface area contributed by atoms with Gasteiger partial charge in [-0.25, -0.2) is 0 Å². The molecule has 110 valence electrons. The van der Waals surface area contributed by atoms with Gasteiger partial charge in [-0.1, -0.05) is 6.42 Å². The first-order chi connectivity index (χ1) is 10.1. The van der Waals surface area contributed by atoms with E-state index in [0.717, 1.165) is 35.5 Å². The van der Waals surface area contributed by atoms with Crippen LogP contribution in [0.15, 0.2) is 21.0 Å². The Morgan fingerprint density at radius 3 is 2.19 bits per heavy atom. The second kappa shape index (κ2) is 4.14. The van der Waals surface area contributed by atoms with E-state index < -0.39 is 0 Å². The third kappa shape index (κ3) is 1.58. The number of benzene rings is 1. The first-order valence-corrected chi connectivity index (χ1v) is 7.69. The lowest BCUT2D eigenvalue weighted by atomic mass is 9.63. The van der Waals surface area contributed by atoms with E-state index in [0.29, 0.717) is 6.54 Å². The Morgan fingerprint density at radius 2 is 1.62 bits per heavy atom. The van der Waals surface area contributed by atoms with Crippen LogP contribution in [0.1, 0.15) is 41.9 Å².